The molecule has 0 radical (unpaired) electrons. The van der Waals surface area contributed by atoms with Gasteiger partial charge in [0.25, 0.3) is 0 Å². The Kier molecular flexibility index (Phi) is 7.84. The standard InChI is InChI=1S/C22H17BrClF3N2O3S/c23-16-7-11-18(12-8-16)33(31,32)29(13-15-5-9-17(24)10-6-15)14-21(30)28-20-4-2-1-3-19(20)22(25,26)27/h1-12H,13-14H2,(H,28,30). The van der Waals surface area contributed by atoms with Gasteiger partial charge in [0, 0.05) is 16.0 Å². The van der Waals surface area contributed by atoms with Crippen LogP contribution in [-0.4, -0.2) is 25.2 Å². The largest absolute Gasteiger partial charge is 0.418 e. The molecule has 0 bridgehead atoms. The molecule has 3 aromatic rings. The maximum atomic E-state index is 13.3. The van der Waals surface area contributed by atoms with Gasteiger partial charge in [0.2, 0.25) is 15.9 Å². The van der Waals surface area contributed by atoms with Crippen molar-refractivity contribution < 1.29 is 26.4 Å². The minimum atomic E-state index is -4.68. The van der Waals surface area contributed by atoms with Crippen molar-refractivity contribution in [1.82, 2.24) is 4.31 Å². The Morgan fingerprint density at radius 1 is 0.970 bits per heavy atom. The van der Waals surface area contributed by atoms with Gasteiger partial charge in [-0.05, 0) is 54.1 Å². The van der Waals surface area contributed by atoms with Gasteiger partial charge in [0.15, 0.2) is 0 Å². The van der Waals surface area contributed by atoms with Gasteiger partial charge in [-0.25, -0.2) is 8.42 Å². The first-order chi connectivity index (χ1) is 15.5. The molecule has 0 atom stereocenters. The number of benzene rings is 3. The van der Waals surface area contributed by atoms with E-state index in [0.29, 0.717) is 15.1 Å². The number of anilines is 1. The molecule has 0 saturated carbocycles. The first kappa shape index (κ1) is 25.2. The lowest BCUT2D eigenvalue weighted by Gasteiger charge is -2.22. The summed E-state index contributed by atoms with van der Waals surface area (Å²) in [4.78, 5) is 12.6. The fourth-order valence-electron chi connectivity index (χ4n) is 2.96. The van der Waals surface area contributed by atoms with Crippen LogP contribution in [0.2, 0.25) is 5.02 Å². The number of rotatable bonds is 7. The molecule has 0 unspecified atom stereocenters. The van der Waals surface area contributed by atoms with E-state index in [9.17, 15) is 26.4 Å². The van der Waals surface area contributed by atoms with E-state index in [0.717, 1.165) is 16.4 Å². The molecule has 5 nitrogen and oxygen atoms in total. The van der Waals surface area contributed by atoms with Crippen LogP contribution in [0.5, 0.6) is 0 Å². The maximum Gasteiger partial charge on any atom is 0.418 e. The lowest BCUT2D eigenvalue weighted by Crippen LogP contribution is -2.37. The summed E-state index contributed by atoms with van der Waals surface area (Å²) in [6.45, 7) is -0.892. The summed E-state index contributed by atoms with van der Waals surface area (Å²) in [5.41, 5.74) is -0.940. The Hall–Kier alpha value is -2.40. The molecule has 0 aliphatic heterocycles. The van der Waals surface area contributed by atoms with Crippen LogP contribution in [0.3, 0.4) is 0 Å². The van der Waals surface area contributed by atoms with Crippen molar-refractivity contribution >= 4 is 49.1 Å². The van der Waals surface area contributed by atoms with Crippen molar-refractivity contribution in [3.8, 4) is 0 Å². The highest BCUT2D eigenvalue weighted by molar-refractivity contribution is 9.10. The van der Waals surface area contributed by atoms with E-state index in [1.165, 1.54) is 36.4 Å². The third-order valence-corrected chi connectivity index (χ3v) is 7.14. The number of alkyl halides is 3. The topological polar surface area (TPSA) is 66.5 Å². The summed E-state index contributed by atoms with van der Waals surface area (Å²) in [5, 5.41) is 2.63. The zero-order chi connectivity index (χ0) is 24.2. The van der Waals surface area contributed by atoms with Crippen molar-refractivity contribution in [1.29, 1.82) is 0 Å². The Balaban J connectivity index is 1.90. The van der Waals surface area contributed by atoms with Gasteiger partial charge in [0.1, 0.15) is 0 Å². The van der Waals surface area contributed by atoms with Crippen molar-refractivity contribution in [3.05, 3.63) is 93.4 Å². The highest BCUT2D eigenvalue weighted by Crippen LogP contribution is 2.34. The van der Waals surface area contributed by atoms with Gasteiger partial charge in [-0.2, -0.15) is 17.5 Å². The lowest BCUT2D eigenvalue weighted by molar-refractivity contribution is -0.137. The van der Waals surface area contributed by atoms with Crippen LogP contribution in [0.1, 0.15) is 11.1 Å². The number of para-hydroxylation sites is 1. The van der Waals surface area contributed by atoms with Crippen LogP contribution >= 0.6 is 27.5 Å². The molecular formula is C22H17BrClF3N2O3S. The van der Waals surface area contributed by atoms with E-state index in [1.54, 1.807) is 24.3 Å². The van der Waals surface area contributed by atoms with E-state index in [-0.39, 0.29) is 11.4 Å². The molecule has 3 aromatic carbocycles. The average molecular weight is 562 g/mol. The monoisotopic (exact) mass is 560 g/mol. The number of nitrogens with zero attached hydrogens (tertiary/aromatic N) is 1. The number of hydrogen-bond acceptors (Lipinski definition) is 3. The van der Waals surface area contributed by atoms with Crippen LogP contribution in [0.15, 0.2) is 82.2 Å². The number of sulfonamides is 1. The van der Waals surface area contributed by atoms with E-state index in [1.807, 2.05) is 0 Å². The van der Waals surface area contributed by atoms with Gasteiger partial charge in [0.05, 0.1) is 22.7 Å². The minimum absolute atomic E-state index is 0.0665. The number of amides is 1. The highest BCUT2D eigenvalue weighted by atomic mass is 79.9. The molecule has 1 N–H and O–H groups in total. The Labute approximate surface area is 202 Å². The molecule has 0 aromatic heterocycles. The summed E-state index contributed by atoms with van der Waals surface area (Å²) >= 11 is 9.12. The summed E-state index contributed by atoms with van der Waals surface area (Å²) in [5.74, 6) is -0.915. The first-order valence-corrected chi connectivity index (χ1v) is 12.0. The number of carbonyl (C=O) groups is 1. The minimum Gasteiger partial charge on any atom is -0.324 e. The Bertz CT molecular complexity index is 1230. The van der Waals surface area contributed by atoms with Crippen molar-refractivity contribution in [3.63, 3.8) is 0 Å². The lowest BCUT2D eigenvalue weighted by atomic mass is 10.1. The number of halogens is 5. The molecule has 0 aliphatic carbocycles. The smallest absolute Gasteiger partial charge is 0.324 e. The normalized spacial score (nSPS) is 12.1. The molecular weight excluding hydrogens is 545 g/mol. The molecule has 0 heterocycles. The zero-order valence-corrected chi connectivity index (χ0v) is 20.0. The fourth-order valence-corrected chi connectivity index (χ4v) is 4.74. The quantitative estimate of drug-likeness (QED) is 0.388. The predicted octanol–water partition coefficient (Wildman–Crippen LogP) is 5.95. The van der Waals surface area contributed by atoms with E-state index < -0.39 is 39.9 Å². The summed E-state index contributed by atoms with van der Waals surface area (Å²) in [6, 6.07) is 16.6. The van der Waals surface area contributed by atoms with E-state index >= 15 is 0 Å². The zero-order valence-electron chi connectivity index (χ0n) is 16.8. The van der Waals surface area contributed by atoms with Crippen LogP contribution in [0, 0.1) is 0 Å². The molecule has 1 amide bonds. The van der Waals surface area contributed by atoms with Crippen molar-refractivity contribution in [2.45, 2.75) is 17.6 Å². The fraction of sp³-hybridized carbons (Fsp3) is 0.136. The van der Waals surface area contributed by atoms with Crippen LogP contribution in [-0.2, 0) is 27.5 Å². The summed E-state index contributed by atoms with van der Waals surface area (Å²) in [6.07, 6.45) is -4.68. The van der Waals surface area contributed by atoms with Gasteiger partial charge >= 0.3 is 6.18 Å². The van der Waals surface area contributed by atoms with Crippen molar-refractivity contribution in [2.24, 2.45) is 0 Å². The van der Waals surface area contributed by atoms with Crippen molar-refractivity contribution in [2.75, 3.05) is 11.9 Å². The van der Waals surface area contributed by atoms with E-state index in [4.69, 9.17) is 11.6 Å². The SMILES string of the molecule is O=C(CN(Cc1ccc(Cl)cc1)S(=O)(=O)c1ccc(Br)cc1)Nc1ccccc1C(F)(F)F. The molecule has 174 valence electrons. The highest BCUT2D eigenvalue weighted by Gasteiger charge is 2.34. The number of hydrogen-bond donors (Lipinski definition) is 1. The molecule has 11 heteroatoms. The average Bonchev–Trinajstić information content (AvgIpc) is 2.74. The summed E-state index contributed by atoms with van der Waals surface area (Å²) < 4.78 is 67.8. The first-order valence-electron chi connectivity index (χ1n) is 9.43. The molecule has 0 fully saturated rings. The molecule has 0 saturated heterocycles. The predicted molar refractivity (Wildman–Crippen MR) is 123 cm³/mol. The van der Waals surface area contributed by atoms with Crippen LogP contribution in [0.25, 0.3) is 0 Å². The van der Waals surface area contributed by atoms with Crippen LogP contribution < -0.4 is 5.32 Å². The number of nitrogens with one attached hydrogen (secondary N) is 1. The molecule has 0 spiro atoms. The van der Waals surface area contributed by atoms with E-state index in [2.05, 4.69) is 21.2 Å². The second-order valence-electron chi connectivity index (χ2n) is 6.95. The summed E-state index contributed by atoms with van der Waals surface area (Å²) in [7, 11) is -4.16. The van der Waals surface area contributed by atoms with Gasteiger partial charge in [-0.3, -0.25) is 4.79 Å². The molecule has 33 heavy (non-hydrogen) atoms. The van der Waals surface area contributed by atoms with Gasteiger partial charge < -0.3 is 5.32 Å². The molecule has 3 rings (SSSR count). The second-order valence-corrected chi connectivity index (χ2v) is 10.2. The number of carbonyl (C=O) groups excluding carboxylic acids is 1. The third kappa shape index (κ3) is 6.57. The maximum absolute atomic E-state index is 13.3. The Morgan fingerprint density at radius 2 is 1.58 bits per heavy atom. The van der Waals surface area contributed by atoms with Crippen LogP contribution in [0.4, 0.5) is 18.9 Å². The second kappa shape index (κ2) is 10.3. The van der Waals surface area contributed by atoms with Gasteiger partial charge in [-0.1, -0.05) is 51.8 Å². The Morgan fingerprint density at radius 3 is 2.18 bits per heavy atom. The van der Waals surface area contributed by atoms with Gasteiger partial charge in [-0.15, -0.1) is 0 Å². The third-order valence-electron chi connectivity index (χ3n) is 4.55. The molecule has 0 aliphatic rings.